The number of hydrogen-bond acceptors (Lipinski definition) is 3. The SMILES string of the molecule is Cc1ccc(OCCCn2c(COc3ccc(Cl)cc3Cl)nc3ccccc32)cc1C. The molecule has 0 saturated carbocycles. The van der Waals surface area contributed by atoms with Crippen LogP contribution in [-0.4, -0.2) is 16.2 Å². The summed E-state index contributed by atoms with van der Waals surface area (Å²) >= 11 is 12.2. The standard InChI is InChI=1S/C25H24Cl2N2O2/c1-17-8-10-20(14-18(17)2)30-13-5-12-29-23-7-4-3-6-22(23)28-25(29)16-31-24-11-9-19(26)15-21(24)27/h3-4,6-11,14-15H,5,12-13,16H2,1-2H3. The lowest BCUT2D eigenvalue weighted by molar-refractivity contribution is 0.280. The summed E-state index contributed by atoms with van der Waals surface area (Å²) in [5, 5.41) is 1.06. The summed E-state index contributed by atoms with van der Waals surface area (Å²) in [4.78, 5) is 4.76. The maximum atomic E-state index is 6.24. The van der Waals surface area contributed by atoms with Crippen molar-refractivity contribution in [2.45, 2.75) is 33.4 Å². The quantitative estimate of drug-likeness (QED) is 0.268. The summed E-state index contributed by atoms with van der Waals surface area (Å²) < 4.78 is 14.1. The number of aromatic nitrogens is 2. The van der Waals surface area contributed by atoms with Gasteiger partial charge in [0.15, 0.2) is 0 Å². The molecule has 4 aromatic rings. The largest absolute Gasteiger partial charge is 0.494 e. The van der Waals surface area contributed by atoms with Gasteiger partial charge in [0.2, 0.25) is 0 Å². The molecule has 0 saturated heterocycles. The van der Waals surface area contributed by atoms with Gasteiger partial charge in [0.05, 0.1) is 22.7 Å². The fourth-order valence-electron chi connectivity index (χ4n) is 3.44. The number of aryl methyl sites for hydroxylation is 3. The van der Waals surface area contributed by atoms with Crippen molar-refractivity contribution < 1.29 is 9.47 Å². The van der Waals surface area contributed by atoms with Crippen molar-refractivity contribution in [3.8, 4) is 11.5 Å². The Hall–Kier alpha value is -2.69. The maximum absolute atomic E-state index is 6.24. The van der Waals surface area contributed by atoms with Crippen LogP contribution in [0, 0.1) is 13.8 Å². The van der Waals surface area contributed by atoms with Crippen LogP contribution in [0.1, 0.15) is 23.4 Å². The first kappa shape index (κ1) is 21.5. The van der Waals surface area contributed by atoms with Crippen LogP contribution in [0.3, 0.4) is 0 Å². The summed E-state index contributed by atoms with van der Waals surface area (Å²) in [6, 6.07) is 19.5. The highest BCUT2D eigenvalue weighted by atomic mass is 35.5. The van der Waals surface area contributed by atoms with Crippen molar-refractivity contribution in [3.63, 3.8) is 0 Å². The molecule has 4 nitrogen and oxygen atoms in total. The van der Waals surface area contributed by atoms with Crippen molar-refractivity contribution >= 4 is 34.2 Å². The Bertz CT molecular complexity index is 1200. The van der Waals surface area contributed by atoms with E-state index in [0.29, 0.717) is 29.0 Å². The molecule has 6 heteroatoms. The fourth-order valence-corrected chi connectivity index (χ4v) is 3.90. The Balaban J connectivity index is 1.45. The van der Waals surface area contributed by atoms with Crippen molar-refractivity contribution in [2.75, 3.05) is 6.61 Å². The van der Waals surface area contributed by atoms with Gasteiger partial charge in [-0.2, -0.15) is 0 Å². The molecule has 0 N–H and O–H groups in total. The number of ether oxygens (including phenoxy) is 2. The Kier molecular flexibility index (Phi) is 6.69. The Morgan fingerprint density at radius 1 is 0.903 bits per heavy atom. The lowest BCUT2D eigenvalue weighted by atomic mass is 10.1. The average Bonchev–Trinajstić information content (AvgIpc) is 3.10. The van der Waals surface area contributed by atoms with Gasteiger partial charge < -0.3 is 14.0 Å². The summed E-state index contributed by atoms with van der Waals surface area (Å²) in [5.74, 6) is 2.33. The van der Waals surface area contributed by atoms with Gasteiger partial charge in [0.1, 0.15) is 23.9 Å². The number of hydrogen-bond donors (Lipinski definition) is 0. The number of nitrogens with zero attached hydrogens (tertiary/aromatic N) is 2. The molecule has 0 unspecified atom stereocenters. The van der Waals surface area contributed by atoms with Gasteiger partial charge in [-0.05, 0) is 73.9 Å². The van der Waals surface area contributed by atoms with Gasteiger partial charge in [-0.3, -0.25) is 0 Å². The Morgan fingerprint density at radius 3 is 2.55 bits per heavy atom. The molecule has 0 aliphatic rings. The molecule has 160 valence electrons. The molecule has 0 amide bonds. The van der Waals surface area contributed by atoms with E-state index >= 15 is 0 Å². The third kappa shape index (κ3) is 5.15. The third-order valence-corrected chi connectivity index (χ3v) is 5.79. The van der Waals surface area contributed by atoms with Crippen molar-refractivity contribution in [3.05, 3.63) is 87.7 Å². The molecule has 1 aromatic heterocycles. The van der Waals surface area contributed by atoms with Crippen LogP contribution in [0.4, 0.5) is 0 Å². The normalized spacial score (nSPS) is 11.1. The van der Waals surface area contributed by atoms with E-state index in [1.807, 2.05) is 24.3 Å². The Morgan fingerprint density at radius 2 is 1.74 bits per heavy atom. The Labute approximate surface area is 192 Å². The molecule has 3 aromatic carbocycles. The minimum absolute atomic E-state index is 0.314. The zero-order valence-corrected chi connectivity index (χ0v) is 19.1. The minimum atomic E-state index is 0.314. The van der Waals surface area contributed by atoms with E-state index in [0.717, 1.165) is 35.6 Å². The highest BCUT2D eigenvalue weighted by Crippen LogP contribution is 2.28. The minimum Gasteiger partial charge on any atom is -0.494 e. The molecule has 31 heavy (non-hydrogen) atoms. The number of fused-ring (bicyclic) bond motifs is 1. The number of benzene rings is 3. The number of imidazole rings is 1. The first-order valence-electron chi connectivity index (χ1n) is 10.2. The van der Waals surface area contributed by atoms with E-state index in [9.17, 15) is 0 Å². The van der Waals surface area contributed by atoms with Gasteiger partial charge in [-0.15, -0.1) is 0 Å². The van der Waals surface area contributed by atoms with Gasteiger partial charge in [-0.25, -0.2) is 4.98 Å². The molecule has 0 fully saturated rings. The van der Waals surface area contributed by atoms with E-state index in [-0.39, 0.29) is 0 Å². The molecule has 0 atom stereocenters. The first-order chi connectivity index (χ1) is 15.0. The zero-order chi connectivity index (χ0) is 21.8. The molecular formula is C25H24Cl2N2O2. The average molecular weight is 455 g/mol. The van der Waals surface area contributed by atoms with Crippen molar-refractivity contribution in [1.82, 2.24) is 9.55 Å². The monoisotopic (exact) mass is 454 g/mol. The zero-order valence-electron chi connectivity index (χ0n) is 17.6. The van der Waals surface area contributed by atoms with Crippen LogP contribution in [0.2, 0.25) is 10.0 Å². The van der Waals surface area contributed by atoms with Crippen LogP contribution in [0.25, 0.3) is 11.0 Å². The molecule has 0 spiro atoms. The van der Waals surface area contributed by atoms with Crippen LogP contribution < -0.4 is 9.47 Å². The summed E-state index contributed by atoms with van der Waals surface area (Å²) in [5.41, 5.74) is 4.52. The molecule has 4 rings (SSSR count). The summed E-state index contributed by atoms with van der Waals surface area (Å²) in [6.45, 7) is 5.91. The third-order valence-electron chi connectivity index (χ3n) is 5.26. The molecular weight excluding hydrogens is 431 g/mol. The summed E-state index contributed by atoms with van der Waals surface area (Å²) in [7, 11) is 0. The van der Waals surface area contributed by atoms with Gasteiger partial charge in [0.25, 0.3) is 0 Å². The van der Waals surface area contributed by atoms with E-state index in [4.69, 9.17) is 37.7 Å². The van der Waals surface area contributed by atoms with Crippen molar-refractivity contribution in [1.29, 1.82) is 0 Å². The maximum Gasteiger partial charge on any atom is 0.148 e. The first-order valence-corrected chi connectivity index (χ1v) is 11.0. The molecule has 0 radical (unpaired) electrons. The molecule has 0 aliphatic heterocycles. The second-order valence-corrected chi connectivity index (χ2v) is 8.32. The second kappa shape index (κ2) is 9.63. The number of halogens is 2. The summed E-state index contributed by atoms with van der Waals surface area (Å²) in [6.07, 6.45) is 0.849. The molecule has 0 bridgehead atoms. The lowest BCUT2D eigenvalue weighted by Gasteiger charge is -2.12. The molecule has 0 aliphatic carbocycles. The van der Waals surface area contributed by atoms with Crippen LogP contribution in [-0.2, 0) is 13.2 Å². The predicted molar refractivity (Wildman–Crippen MR) is 127 cm³/mol. The van der Waals surface area contributed by atoms with E-state index in [2.05, 4.69) is 36.6 Å². The molecule has 1 heterocycles. The predicted octanol–water partition coefficient (Wildman–Crippen LogP) is 7.01. The van der Waals surface area contributed by atoms with Gasteiger partial charge >= 0.3 is 0 Å². The van der Waals surface area contributed by atoms with E-state index < -0.39 is 0 Å². The fraction of sp³-hybridized carbons (Fsp3) is 0.240. The highest BCUT2D eigenvalue weighted by molar-refractivity contribution is 6.35. The van der Waals surface area contributed by atoms with Crippen molar-refractivity contribution in [2.24, 2.45) is 0 Å². The van der Waals surface area contributed by atoms with Crippen LogP contribution in [0.5, 0.6) is 11.5 Å². The van der Waals surface area contributed by atoms with E-state index in [1.165, 1.54) is 11.1 Å². The number of rotatable bonds is 8. The van der Waals surface area contributed by atoms with E-state index in [1.54, 1.807) is 18.2 Å². The van der Waals surface area contributed by atoms with Crippen LogP contribution >= 0.6 is 23.2 Å². The van der Waals surface area contributed by atoms with Crippen LogP contribution in [0.15, 0.2) is 60.7 Å². The smallest absolute Gasteiger partial charge is 0.148 e. The number of para-hydroxylation sites is 2. The van der Waals surface area contributed by atoms with Gasteiger partial charge in [0, 0.05) is 11.6 Å². The highest BCUT2D eigenvalue weighted by Gasteiger charge is 2.12. The second-order valence-electron chi connectivity index (χ2n) is 7.48. The topological polar surface area (TPSA) is 36.3 Å². The van der Waals surface area contributed by atoms with Gasteiger partial charge in [-0.1, -0.05) is 41.4 Å². The lowest BCUT2D eigenvalue weighted by Crippen LogP contribution is -2.10.